The first kappa shape index (κ1) is 12.2. The maximum absolute atomic E-state index is 8.55. The van der Waals surface area contributed by atoms with Crippen molar-refractivity contribution >= 4 is 22.6 Å². The number of nitrogens with zero attached hydrogens (tertiary/aromatic N) is 3. The number of hydrogen-bond donors (Lipinski definition) is 2. The van der Waals surface area contributed by atoms with Gasteiger partial charge in [0, 0.05) is 6.20 Å². The van der Waals surface area contributed by atoms with Gasteiger partial charge in [-0.1, -0.05) is 23.9 Å². The molecule has 1 aromatic carbocycles. The van der Waals surface area contributed by atoms with E-state index in [2.05, 4.69) is 20.5 Å². The number of aliphatic imine (C=N–C) groups is 1. The lowest BCUT2D eigenvalue weighted by molar-refractivity contribution is 1.10. The number of amidine groups is 1. The first-order chi connectivity index (χ1) is 8.83. The van der Waals surface area contributed by atoms with E-state index in [4.69, 9.17) is 5.26 Å². The number of nitriles is 1. The molecule has 0 amide bonds. The summed E-state index contributed by atoms with van der Waals surface area (Å²) >= 11 is 1.39. The third kappa shape index (κ3) is 2.90. The van der Waals surface area contributed by atoms with Crippen LogP contribution in [-0.2, 0) is 0 Å². The fraction of sp³-hybridized carbons (Fsp3) is 0.0833. The van der Waals surface area contributed by atoms with Crippen molar-refractivity contribution in [2.45, 2.75) is 0 Å². The van der Waals surface area contributed by atoms with Crippen LogP contribution in [0.4, 0.5) is 5.69 Å². The topological polar surface area (TPSA) is 76.9 Å². The Labute approximate surface area is 109 Å². The summed E-state index contributed by atoms with van der Waals surface area (Å²) in [4.78, 5) is 4.31. The summed E-state index contributed by atoms with van der Waals surface area (Å²) < 4.78 is 0. The normalized spacial score (nSPS) is 11.0. The number of aromatic amines is 1. The van der Waals surface area contributed by atoms with Gasteiger partial charge in [0.25, 0.3) is 0 Å². The lowest BCUT2D eigenvalue weighted by atomic mass is 10.1. The van der Waals surface area contributed by atoms with Gasteiger partial charge in [-0.2, -0.15) is 10.4 Å². The number of rotatable bonds is 2. The zero-order valence-corrected chi connectivity index (χ0v) is 10.5. The predicted octanol–water partition coefficient (Wildman–Crippen LogP) is 2.50. The highest BCUT2D eigenvalue weighted by molar-refractivity contribution is 8.13. The van der Waals surface area contributed by atoms with Crippen molar-refractivity contribution in [2.75, 3.05) is 6.26 Å². The molecule has 0 fully saturated rings. The molecule has 90 valence electrons. The van der Waals surface area contributed by atoms with Crippen LogP contribution in [0.3, 0.4) is 0 Å². The number of hydrogen-bond acceptors (Lipinski definition) is 4. The molecule has 0 unspecified atom stereocenters. The first-order valence-corrected chi connectivity index (χ1v) is 6.43. The van der Waals surface area contributed by atoms with Gasteiger partial charge in [0.15, 0.2) is 11.4 Å². The first-order valence-electron chi connectivity index (χ1n) is 5.21. The smallest absolute Gasteiger partial charge is 0.183 e. The van der Waals surface area contributed by atoms with E-state index < -0.39 is 0 Å². The minimum atomic E-state index is 0.576. The fourth-order valence-corrected chi connectivity index (χ4v) is 1.77. The van der Waals surface area contributed by atoms with Gasteiger partial charge in [-0.3, -0.25) is 10.4 Å². The van der Waals surface area contributed by atoms with Crippen LogP contribution >= 0.6 is 11.8 Å². The second-order valence-corrected chi connectivity index (χ2v) is 4.17. The number of H-pyrrole nitrogens is 1. The molecule has 0 aliphatic carbocycles. The van der Waals surface area contributed by atoms with E-state index in [1.807, 2.05) is 42.8 Å². The molecule has 1 aromatic heterocycles. The molecule has 0 radical (unpaired) electrons. The van der Waals surface area contributed by atoms with Crippen molar-refractivity contribution in [1.82, 2.24) is 15.5 Å². The van der Waals surface area contributed by atoms with E-state index in [-0.39, 0.29) is 0 Å². The summed E-state index contributed by atoms with van der Waals surface area (Å²) in [6.45, 7) is 0. The molecule has 0 saturated carbocycles. The quantitative estimate of drug-likeness (QED) is 0.375. The van der Waals surface area contributed by atoms with Gasteiger partial charge >= 0.3 is 0 Å². The Kier molecular flexibility index (Phi) is 3.99. The predicted molar refractivity (Wildman–Crippen MR) is 73.4 cm³/mol. The molecule has 0 saturated heterocycles. The molecule has 0 spiro atoms. The Hall–Kier alpha value is -2.26. The maximum atomic E-state index is 8.55. The highest BCUT2D eigenvalue weighted by Gasteiger charge is 2.00. The highest BCUT2D eigenvalue weighted by atomic mass is 32.2. The van der Waals surface area contributed by atoms with Gasteiger partial charge in [-0.05, 0) is 30.0 Å². The summed E-state index contributed by atoms with van der Waals surface area (Å²) in [6, 6.07) is 9.60. The summed E-state index contributed by atoms with van der Waals surface area (Å²) in [6.07, 6.45) is 5.43. The van der Waals surface area contributed by atoms with Gasteiger partial charge < -0.3 is 0 Å². The molecule has 0 bridgehead atoms. The van der Waals surface area contributed by atoms with E-state index in [1.54, 1.807) is 6.20 Å². The van der Waals surface area contributed by atoms with Gasteiger partial charge in [0.1, 0.15) is 0 Å². The third-order valence-corrected chi connectivity index (χ3v) is 2.85. The Balaban J connectivity index is 2.20. The average Bonchev–Trinajstić information content (AvgIpc) is 2.93. The van der Waals surface area contributed by atoms with E-state index in [0.29, 0.717) is 5.17 Å². The molecule has 2 N–H and O–H groups in total. The van der Waals surface area contributed by atoms with Crippen molar-refractivity contribution in [1.29, 1.82) is 5.26 Å². The van der Waals surface area contributed by atoms with Crippen LogP contribution < -0.4 is 5.32 Å². The summed E-state index contributed by atoms with van der Waals surface area (Å²) in [5.41, 5.74) is 2.81. The molecule has 2 aromatic rings. The van der Waals surface area contributed by atoms with Gasteiger partial charge in [-0.25, -0.2) is 4.99 Å². The van der Waals surface area contributed by atoms with E-state index in [0.717, 1.165) is 16.9 Å². The monoisotopic (exact) mass is 257 g/mol. The van der Waals surface area contributed by atoms with Crippen molar-refractivity contribution in [3.05, 3.63) is 36.5 Å². The third-order valence-electron chi connectivity index (χ3n) is 2.27. The van der Waals surface area contributed by atoms with E-state index in [9.17, 15) is 0 Å². The van der Waals surface area contributed by atoms with E-state index >= 15 is 0 Å². The highest BCUT2D eigenvalue weighted by Crippen LogP contribution is 2.21. The van der Waals surface area contributed by atoms with Crippen molar-refractivity contribution in [3.63, 3.8) is 0 Å². The Morgan fingerprint density at radius 2 is 2.17 bits per heavy atom. The molecule has 18 heavy (non-hydrogen) atoms. The standard InChI is InChI=1S/C12H11N5S/c1-18-12(14-8-13)16-10-4-2-9(3-5-10)11-6-7-15-17-11/h2-7H,1H3,(H,14,16)(H,15,17). The van der Waals surface area contributed by atoms with Crippen LogP contribution in [0.25, 0.3) is 11.3 Å². The number of thioether (sulfide) groups is 1. The number of benzene rings is 1. The minimum Gasteiger partial charge on any atom is -0.278 e. The Bertz CT molecular complexity index is 566. The summed E-state index contributed by atoms with van der Waals surface area (Å²) in [5.74, 6) is 0. The average molecular weight is 257 g/mol. The number of nitrogens with one attached hydrogen (secondary N) is 2. The zero-order chi connectivity index (χ0) is 12.8. The maximum Gasteiger partial charge on any atom is 0.183 e. The van der Waals surface area contributed by atoms with Gasteiger partial charge in [0.05, 0.1) is 11.4 Å². The van der Waals surface area contributed by atoms with Crippen LogP contribution in [0.15, 0.2) is 41.5 Å². The fourth-order valence-electron chi connectivity index (χ4n) is 1.42. The SMILES string of the molecule is CSC(=Nc1ccc(-c2ccn[nH]2)cc1)NC#N. The van der Waals surface area contributed by atoms with Gasteiger partial charge in [0.2, 0.25) is 0 Å². The molecule has 2 rings (SSSR count). The minimum absolute atomic E-state index is 0.576. The summed E-state index contributed by atoms with van der Waals surface area (Å²) in [7, 11) is 0. The van der Waals surface area contributed by atoms with Crippen molar-refractivity contribution in [2.24, 2.45) is 4.99 Å². The Morgan fingerprint density at radius 1 is 1.39 bits per heavy atom. The molecule has 6 heteroatoms. The lowest BCUT2D eigenvalue weighted by Gasteiger charge is -2.01. The lowest BCUT2D eigenvalue weighted by Crippen LogP contribution is -2.12. The molecule has 0 aliphatic heterocycles. The number of aromatic nitrogens is 2. The Morgan fingerprint density at radius 3 is 2.72 bits per heavy atom. The van der Waals surface area contributed by atoms with Crippen LogP contribution in [0, 0.1) is 11.5 Å². The summed E-state index contributed by atoms with van der Waals surface area (Å²) in [5, 5.41) is 18.5. The second-order valence-electron chi connectivity index (χ2n) is 3.38. The molecular weight excluding hydrogens is 246 g/mol. The zero-order valence-electron chi connectivity index (χ0n) is 9.71. The van der Waals surface area contributed by atoms with Crippen molar-refractivity contribution in [3.8, 4) is 17.5 Å². The molecule has 1 heterocycles. The van der Waals surface area contributed by atoms with E-state index in [1.165, 1.54) is 11.8 Å². The molecular formula is C12H11N5S. The largest absolute Gasteiger partial charge is 0.278 e. The van der Waals surface area contributed by atoms with Crippen LogP contribution in [-0.4, -0.2) is 21.6 Å². The second kappa shape index (κ2) is 5.89. The molecule has 0 atom stereocenters. The van der Waals surface area contributed by atoms with Crippen molar-refractivity contribution < 1.29 is 0 Å². The molecule has 5 nitrogen and oxygen atoms in total. The van der Waals surface area contributed by atoms with Crippen LogP contribution in [0.1, 0.15) is 0 Å². The molecule has 0 aliphatic rings. The van der Waals surface area contributed by atoms with Crippen LogP contribution in [0.5, 0.6) is 0 Å². The van der Waals surface area contributed by atoms with Crippen LogP contribution in [0.2, 0.25) is 0 Å². The van der Waals surface area contributed by atoms with Gasteiger partial charge in [-0.15, -0.1) is 0 Å².